The highest BCUT2D eigenvalue weighted by molar-refractivity contribution is 6.00. The third kappa shape index (κ3) is 3.06. The predicted octanol–water partition coefficient (Wildman–Crippen LogP) is 2.63. The van der Waals surface area contributed by atoms with E-state index in [0.29, 0.717) is 11.1 Å². The summed E-state index contributed by atoms with van der Waals surface area (Å²) >= 11 is 0. The van der Waals surface area contributed by atoms with Crippen LogP contribution >= 0.6 is 0 Å². The molecule has 0 bridgehead atoms. The quantitative estimate of drug-likeness (QED) is 0.620. The van der Waals surface area contributed by atoms with Crippen molar-refractivity contribution in [2.24, 2.45) is 0 Å². The van der Waals surface area contributed by atoms with Crippen LogP contribution in [0.3, 0.4) is 0 Å². The van der Waals surface area contributed by atoms with Crippen molar-refractivity contribution in [3.63, 3.8) is 0 Å². The first kappa shape index (κ1) is 13.9. The molecule has 0 saturated heterocycles. The number of ketones is 1. The maximum Gasteiger partial charge on any atom is 0.294 e. The number of aromatic nitrogens is 1. The van der Waals surface area contributed by atoms with Crippen LogP contribution in [0.1, 0.15) is 27.6 Å². The minimum atomic E-state index is -1.10. The van der Waals surface area contributed by atoms with E-state index in [1.807, 2.05) is 0 Å². The van der Waals surface area contributed by atoms with Gasteiger partial charge in [-0.3, -0.25) is 14.6 Å². The van der Waals surface area contributed by atoms with Gasteiger partial charge in [0.1, 0.15) is 5.82 Å². The highest BCUT2D eigenvalue weighted by atomic mass is 19.1. The van der Waals surface area contributed by atoms with Crippen molar-refractivity contribution in [2.45, 2.75) is 13.0 Å². The molecular weight excluding hydrogens is 261 g/mol. The third-order valence-corrected chi connectivity index (χ3v) is 2.76. The standard InChI is InChI=1S/C15H12FNO3/c1-10-6-12(8-17-7-10)14(19)15(20-9-18)11-2-4-13(16)5-3-11/h2-9,15H,1H3. The number of hydrogen-bond acceptors (Lipinski definition) is 4. The van der Waals surface area contributed by atoms with E-state index in [4.69, 9.17) is 4.74 Å². The Bertz CT molecular complexity index is 625. The van der Waals surface area contributed by atoms with E-state index in [1.165, 1.54) is 30.5 Å². The smallest absolute Gasteiger partial charge is 0.294 e. The number of benzene rings is 1. The van der Waals surface area contributed by atoms with Crippen molar-refractivity contribution in [3.8, 4) is 0 Å². The molecule has 0 aliphatic rings. The van der Waals surface area contributed by atoms with Gasteiger partial charge in [0.25, 0.3) is 6.47 Å². The summed E-state index contributed by atoms with van der Waals surface area (Å²) in [5, 5.41) is 0. The number of nitrogens with zero attached hydrogens (tertiary/aromatic N) is 1. The molecule has 2 aromatic rings. The second kappa shape index (κ2) is 6.06. The van der Waals surface area contributed by atoms with Crippen LogP contribution in [0.2, 0.25) is 0 Å². The van der Waals surface area contributed by atoms with Gasteiger partial charge in [0, 0.05) is 23.5 Å². The second-order valence-electron chi connectivity index (χ2n) is 4.28. The molecule has 0 saturated carbocycles. The first-order valence-electron chi connectivity index (χ1n) is 5.92. The molecule has 1 heterocycles. The van der Waals surface area contributed by atoms with Crippen molar-refractivity contribution in [2.75, 3.05) is 0 Å². The highest BCUT2D eigenvalue weighted by Gasteiger charge is 2.23. The van der Waals surface area contributed by atoms with Crippen LogP contribution in [-0.4, -0.2) is 17.2 Å². The Labute approximate surface area is 115 Å². The molecule has 0 amide bonds. The molecule has 0 aliphatic carbocycles. The Balaban J connectivity index is 2.35. The third-order valence-electron chi connectivity index (χ3n) is 2.76. The Morgan fingerprint density at radius 1 is 1.30 bits per heavy atom. The number of aryl methyl sites for hydroxylation is 1. The fourth-order valence-electron chi connectivity index (χ4n) is 1.83. The van der Waals surface area contributed by atoms with E-state index in [-0.39, 0.29) is 6.47 Å². The average Bonchev–Trinajstić information content (AvgIpc) is 2.45. The maximum absolute atomic E-state index is 12.9. The van der Waals surface area contributed by atoms with Gasteiger partial charge in [-0.1, -0.05) is 12.1 Å². The van der Waals surface area contributed by atoms with E-state index in [2.05, 4.69) is 4.98 Å². The normalized spacial score (nSPS) is 11.7. The van der Waals surface area contributed by atoms with Gasteiger partial charge in [-0.2, -0.15) is 0 Å². The number of hydrogen-bond donors (Lipinski definition) is 0. The summed E-state index contributed by atoms with van der Waals surface area (Å²) in [6.45, 7) is 2.01. The number of ether oxygens (including phenoxy) is 1. The zero-order chi connectivity index (χ0) is 14.5. The van der Waals surface area contributed by atoms with Crippen LogP contribution in [0.5, 0.6) is 0 Å². The molecule has 102 valence electrons. The van der Waals surface area contributed by atoms with Crippen LogP contribution in [0, 0.1) is 12.7 Å². The van der Waals surface area contributed by atoms with Gasteiger partial charge in [-0.05, 0) is 30.7 Å². The van der Waals surface area contributed by atoms with Crippen LogP contribution in [-0.2, 0) is 9.53 Å². The number of carbonyl (C=O) groups excluding carboxylic acids is 2. The van der Waals surface area contributed by atoms with Crippen molar-refractivity contribution >= 4 is 12.3 Å². The molecule has 0 N–H and O–H groups in total. The lowest BCUT2D eigenvalue weighted by molar-refractivity contribution is -0.132. The van der Waals surface area contributed by atoms with Crippen LogP contribution in [0.4, 0.5) is 4.39 Å². The van der Waals surface area contributed by atoms with Gasteiger partial charge in [0.15, 0.2) is 6.10 Å². The maximum atomic E-state index is 12.9. The zero-order valence-corrected chi connectivity index (χ0v) is 10.7. The predicted molar refractivity (Wildman–Crippen MR) is 69.6 cm³/mol. The summed E-state index contributed by atoms with van der Waals surface area (Å²) < 4.78 is 17.8. The summed E-state index contributed by atoms with van der Waals surface area (Å²) in [5.41, 5.74) is 1.56. The molecule has 0 aliphatic heterocycles. The lowest BCUT2D eigenvalue weighted by atomic mass is 10.0. The van der Waals surface area contributed by atoms with Crippen LogP contribution in [0.25, 0.3) is 0 Å². The molecular formula is C15H12FNO3. The molecule has 20 heavy (non-hydrogen) atoms. The van der Waals surface area contributed by atoms with Crippen molar-refractivity contribution < 1.29 is 18.7 Å². The molecule has 1 aromatic heterocycles. The molecule has 1 aromatic carbocycles. The fraction of sp³-hybridized carbons (Fsp3) is 0.133. The van der Waals surface area contributed by atoms with E-state index in [1.54, 1.807) is 19.2 Å². The van der Waals surface area contributed by atoms with Crippen molar-refractivity contribution in [1.29, 1.82) is 0 Å². The van der Waals surface area contributed by atoms with Gasteiger partial charge in [0.05, 0.1) is 0 Å². The summed E-state index contributed by atoms with van der Waals surface area (Å²) in [7, 11) is 0. The van der Waals surface area contributed by atoms with E-state index in [9.17, 15) is 14.0 Å². The molecule has 0 spiro atoms. The van der Waals surface area contributed by atoms with Crippen molar-refractivity contribution in [1.82, 2.24) is 4.98 Å². The fourth-order valence-corrected chi connectivity index (χ4v) is 1.83. The largest absolute Gasteiger partial charge is 0.451 e. The lowest BCUT2D eigenvalue weighted by Crippen LogP contribution is -2.16. The molecule has 0 radical (unpaired) electrons. The minimum absolute atomic E-state index is 0.204. The van der Waals surface area contributed by atoms with Gasteiger partial charge >= 0.3 is 0 Å². The van der Waals surface area contributed by atoms with E-state index in [0.717, 1.165) is 5.56 Å². The second-order valence-corrected chi connectivity index (χ2v) is 4.28. The Morgan fingerprint density at radius 3 is 2.60 bits per heavy atom. The average molecular weight is 273 g/mol. The zero-order valence-electron chi connectivity index (χ0n) is 10.7. The highest BCUT2D eigenvalue weighted by Crippen LogP contribution is 2.22. The first-order valence-corrected chi connectivity index (χ1v) is 5.92. The molecule has 4 nitrogen and oxygen atoms in total. The SMILES string of the molecule is Cc1cncc(C(=O)C(OC=O)c2ccc(F)cc2)c1. The summed E-state index contributed by atoms with van der Waals surface area (Å²) in [5.74, 6) is -0.830. The first-order chi connectivity index (χ1) is 9.61. The summed E-state index contributed by atoms with van der Waals surface area (Å²) in [6.07, 6.45) is 1.92. The number of Topliss-reactive ketones (excluding diaryl/α,β-unsaturated/α-hetero) is 1. The molecule has 2 rings (SSSR count). The molecule has 5 heteroatoms. The van der Waals surface area contributed by atoms with Crippen LogP contribution < -0.4 is 0 Å². The Kier molecular flexibility index (Phi) is 4.20. The molecule has 1 atom stereocenters. The topological polar surface area (TPSA) is 56.3 Å². The van der Waals surface area contributed by atoms with Crippen LogP contribution in [0.15, 0.2) is 42.7 Å². The molecule has 1 unspecified atom stereocenters. The van der Waals surface area contributed by atoms with Gasteiger partial charge in [0.2, 0.25) is 5.78 Å². The van der Waals surface area contributed by atoms with E-state index >= 15 is 0 Å². The van der Waals surface area contributed by atoms with Gasteiger partial charge in [-0.25, -0.2) is 4.39 Å². The number of halogens is 1. The molecule has 0 fully saturated rings. The Hall–Kier alpha value is -2.56. The Morgan fingerprint density at radius 2 is 2.00 bits per heavy atom. The summed E-state index contributed by atoms with van der Waals surface area (Å²) in [6, 6.07) is 6.88. The van der Waals surface area contributed by atoms with Gasteiger partial charge in [-0.15, -0.1) is 0 Å². The summed E-state index contributed by atoms with van der Waals surface area (Å²) in [4.78, 5) is 26.9. The number of rotatable bonds is 5. The number of carbonyl (C=O) groups is 2. The van der Waals surface area contributed by atoms with Crippen molar-refractivity contribution in [3.05, 3.63) is 65.2 Å². The lowest BCUT2D eigenvalue weighted by Gasteiger charge is -2.14. The van der Waals surface area contributed by atoms with E-state index < -0.39 is 17.7 Å². The minimum Gasteiger partial charge on any atom is -0.451 e. The number of pyridine rings is 1. The van der Waals surface area contributed by atoms with Gasteiger partial charge < -0.3 is 4.74 Å². The monoisotopic (exact) mass is 273 g/mol.